The molecule has 0 spiro atoms. The number of amides is 3. The van der Waals surface area contributed by atoms with Crippen molar-refractivity contribution in [1.82, 2.24) is 5.32 Å². The van der Waals surface area contributed by atoms with Crippen LogP contribution in [-0.4, -0.2) is 31.1 Å². The van der Waals surface area contributed by atoms with Crippen molar-refractivity contribution in [2.24, 2.45) is 5.73 Å². The van der Waals surface area contributed by atoms with Crippen LogP contribution in [0.15, 0.2) is 24.3 Å². The molecule has 0 radical (unpaired) electrons. The first-order valence-electron chi connectivity index (χ1n) is 6.13. The second kappa shape index (κ2) is 7.78. The second-order valence-corrected chi connectivity index (χ2v) is 3.88. The molecule has 7 heteroatoms. The van der Waals surface area contributed by atoms with Crippen LogP contribution in [0.2, 0.25) is 0 Å². The highest BCUT2D eigenvalue weighted by Gasteiger charge is 2.07. The summed E-state index contributed by atoms with van der Waals surface area (Å²) in [6.45, 7) is 2.25. The molecule has 0 saturated carbocycles. The topological polar surface area (TPSA) is 111 Å². The summed E-state index contributed by atoms with van der Waals surface area (Å²) in [6, 6.07) is 5.54. The van der Waals surface area contributed by atoms with E-state index in [0.717, 1.165) is 0 Å². The van der Waals surface area contributed by atoms with E-state index in [4.69, 9.17) is 10.5 Å². The third-order valence-electron chi connectivity index (χ3n) is 2.33. The Balaban J connectivity index is 2.43. The van der Waals surface area contributed by atoms with Gasteiger partial charge in [-0.15, -0.1) is 0 Å². The van der Waals surface area contributed by atoms with Gasteiger partial charge < -0.3 is 21.1 Å². The molecule has 0 atom stereocenters. The van der Waals surface area contributed by atoms with Gasteiger partial charge in [-0.1, -0.05) is 0 Å². The Morgan fingerprint density at radius 1 is 1.20 bits per heavy atom. The average Bonchev–Trinajstić information content (AvgIpc) is 2.39. The lowest BCUT2D eigenvalue weighted by Gasteiger charge is -2.06. The van der Waals surface area contributed by atoms with Crippen LogP contribution in [0.4, 0.5) is 10.5 Å². The number of anilines is 1. The van der Waals surface area contributed by atoms with Crippen molar-refractivity contribution < 1.29 is 19.1 Å². The van der Waals surface area contributed by atoms with E-state index in [-0.39, 0.29) is 24.8 Å². The molecule has 0 fully saturated rings. The van der Waals surface area contributed by atoms with Crippen molar-refractivity contribution in [1.29, 1.82) is 0 Å². The Hall–Kier alpha value is -2.57. The van der Waals surface area contributed by atoms with Gasteiger partial charge in [0.05, 0.1) is 13.0 Å². The van der Waals surface area contributed by atoms with Gasteiger partial charge in [-0.3, -0.25) is 9.59 Å². The lowest BCUT2D eigenvalue weighted by atomic mass is 10.2. The van der Waals surface area contributed by atoms with E-state index in [1.165, 1.54) is 0 Å². The summed E-state index contributed by atoms with van der Waals surface area (Å²) >= 11 is 0. The fourth-order valence-electron chi connectivity index (χ4n) is 1.46. The van der Waals surface area contributed by atoms with Gasteiger partial charge in [0.25, 0.3) is 5.91 Å². The fraction of sp³-hybridized carbons (Fsp3) is 0.308. The Kier molecular flexibility index (Phi) is 6.02. The number of nitrogens with one attached hydrogen (secondary N) is 2. The lowest BCUT2D eigenvalue weighted by Crippen LogP contribution is -2.26. The maximum absolute atomic E-state index is 11.7. The first-order valence-corrected chi connectivity index (χ1v) is 6.13. The Labute approximate surface area is 116 Å². The van der Waals surface area contributed by atoms with Crippen LogP contribution in [0.1, 0.15) is 23.7 Å². The zero-order valence-electron chi connectivity index (χ0n) is 11.1. The van der Waals surface area contributed by atoms with E-state index >= 15 is 0 Å². The number of hydrogen-bond acceptors (Lipinski definition) is 4. The van der Waals surface area contributed by atoms with Gasteiger partial charge >= 0.3 is 12.0 Å². The molecule has 108 valence electrons. The lowest BCUT2D eigenvalue weighted by molar-refractivity contribution is -0.142. The number of hydrogen-bond donors (Lipinski definition) is 3. The van der Waals surface area contributed by atoms with Crippen LogP contribution in [0.25, 0.3) is 0 Å². The van der Waals surface area contributed by atoms with Crippen LogP contribution >= 0.6 is 0 Å². The molecular formula is C13H17N3O4. The van der Waals surface area contributed by atoms with Gasteiger partial charge in [0.15, 0.2) is 0 Å². The van der Waals surface area contributed by atoms with Gasteiger partial charge in [0.2, 0.25) is 0 Å². The minimum atomic E-state index is -0.670. The van der Waals surface area contributed by atoms with Gasteiger partial charge in [0.1, 0.15) is 0 Å². The first-order chi connectivity index (χ1) is 9.52. The predicted octanol–water partition coefficient (Wildman–Crippen LogP) is 0.860. The van der Waals surface area contributed by atoms with Crippen LogP contribution in [-0.2, 0) is 9.53 Å². The molecule has 4 N–H and O–H groups in total. The van der Waals surface area contributed by atoms with Crippen molar-refractivity contribution in [2.45, 2.75) is 13.3 Å². The minimum Gasteiger partial charge on any atom is -0.466 e. The van der Waals surface area contributed by atoms with Gasteiger partial charge in [-0.25, -0.2) is 4.79 Å². The molecule has 1 aromatic rings. The monoisotopic (exact) mass is 279 g/mol. The van der Waals surface area contributed by atoms with Crippen LogP contribution in [0.5, 0.6) is 0 Å². The summed E-state index contributed by atoms with van der Waals surface area (Å²) in [6.07, 6.45) is 0.126. The van der Waals surface area contributed by atoms with E-state index in [9.17, 15) is 14.4 Å². The Bertz CT molecular complexity index is 485. The highest BCUT2D eigenvalue weighted by Crippen LogP contribution is 2.09. The number of benzene rings is 1. The predicted molar refractivity (Wildman–Crippen MR) is 73.2 cm³/mol. The van der Waals surface area contributed by atoms with E-state index < -0.39 is 6.03 Å². The molecule has 20 heavy (non-hydrogen) atoms. The first kappa shape index (κ1) is 15.5. The molecule has 0 saturated heterocycles. The third-order valence-corrected chi connectivity index (χ3v) is 2.33. The zero-order valence-corrected chi connectivity index (χ0v) is 11.1. The van der Waals surface area contributed by atoms with Gasteiger partial charge in [-0.05, 0) is 31.2 Å². The fourth-order valence-corrected chi connectivity index (χ4v) is 1.46. The van der Waals surface area contributed by atoms with Crippen molar-refractivity contribution in [2.75, 3.05) is 18.5 Å². The maximum atomic E-state index is 11.7. The van der Waals surface area contributed by atoms with Crippen LogP contribution in [0.3, 0.4) is 0 Å². The maximum Gasteiger partial charge on any atom is 0.316 e. The molecule has 7 nitrogen and oxygen atoms in total. The van der Waals surface area contributed by atoms with Crippen molar-refractivity contribution >= 4 is 23.6 Å². The zero-order chi connectivity index (χ0) is 15.0. The molecule has 0 heterocycles. The molecule has 0 aliphatic rings. The number of nitrogens with two attached hydrogens (primary N) is 1. The number of ether oxygens (including phenoxy) is 1. The molecule has 3 amide bonds. The standard InChI is InChI=1S/C13H17N3O4/c1-2-20-11(17)7-8-15-12(18)9-3-5-10(6-4-9)16-13(14)19/h3-6H,2,7-8H2,1H3,(H,15,18)(H3,14,16,19). The Morgan fingerprint density at radius 2 is 1.85 bits per heavy atom. The molecule has 0 unspecified atom stereocenters. The minimum absolute atomic E-state index is 0.126. The number of carbonyl (C=O) groups is 3. The summed E-state index contributed by atoms with van der Waals surface area (Å²) in [5, 5.41) is 4.99. The van der Waals surface area contributed by atoms with E-state index in [2.05, 4.69) is 10.6 Å². The van der Waals surface area contributed by atoms with Gasteiger partial charge in [0, 0.05) is 17.8 Å². The quantitative estimate of drug-likeness (QED) is 0.670. The summed E-state index contributed by atoms with van der Waals surface area (Å²) in [7, 11) is 0. The van der Waals surface area contributed by atoms with E-state index in [1.807, 2.05) is 0 Å². The largest absolute Gasteiger partial charge is 0.466 e. The van der Waals surface area contributed by atoms with Crippen LogP contribution in [0, 0.1) is 0 Å². The summed E-state index contributed by atoms with van der Waals surface area (Å²) < 4.78 is 4.74. The number of primary amides is 1. The van der Waals surface area contributed by atoms with E-state index in [1.54, 1.807) is 31.2 Å². The van der Waals surface area contributed by atoms with E-state index in [0.29, 0.717) is 17.9 Å². The third kappa shape index (κ3) is 5.38. The van der Waals surface area contributed by atoms with Crippen LogP contribution < -0.4 is 16.4 Å². The van der Waals surface area contributed by atoms with Crippen molar-refractivity contribution in [3.05, 3.63) is 29.8 Å². The van der Waals surface area contributed by atoms with Gasteiger partial charge in [-0.2, -0.15) is 0 Å². The summed E-state index contributed by atoms with van der Waals surface area (Å²) in [5.74, 6) is -0.659. The number of urea groups is 1. The van der Waals surface area contributed by atoms with Crippen molar-refractivity contribution in [3.8, 4) is 0 Å². The number of rotatable bonds is 6. The highest BCUT2D eigenvalue weighted by atomic mass is 16.5. The molecule has 0 aliphatic heterocycles. The normalized spacial score (nSPS) is 9.65. The molecular weight excluding hydrogens is 262 g/mol. The molecule has 1 rings (SSSR count). The summed E-state index contributed by atoms with van der Waals surface area (Å²) in [5.41, 5.74) is 5.89. The van der Waals surface area contributed by atoms with Crippen molar-refractivity contribution in [3.63, 3.8) is 0 Å². The molecule has 1 aromatic carbocycles. The smallest absolute Gasteiger partial charge is 0.316 e. The molecule has 0 aliphatic carbocycles. The highest BCUT2D eigenvalue weighted by molar-refractivity contribution is 5.95. The average molecular weight is 279 g/mol. The SMILES string of the molecule is CCOC(=O)CCNC(=O)c1ccc(NC(N)=O)cc1. The number of carbonyl (C=O) groups excluding carboxylic acids is 3. The summed E-state index contributed by atoms with van der Waals surface area (Å²) in [4.78, 5) is 33.5. The number of esters is 1. The molecule has 0 bridgehead atoms. The second-order valence-electron chi connectivity index (χ2n) is 3.88. The Morgan fingerprint density at radius 3 is 2.40 bits per heavy atom. The molecule has 0 aromatic heterocycles.